The predicted octanol–water partition coefficient (Wildman–Crippen LogP) is 3.83. The van der Waals surface area contributed by atoms with Gasteiger partial charge in [0.25, 0.3) is 0 Å². The molecule has 1 aromatic heterocycles. The van der Waals surface area contributed by atoms with Crippen LogP contribution in [0.4, 0.5) is 5.69 Å². The molecule has 2 aromatic carbocycles. The maximum Gasteiger partial charge on any atom is 0.227 e. The summed E-state index contributed by atoms with van der Waals surface area (Å²) in [5, 5.41) is 7.55. The van der Waals surface area contributed by atoms with Gasteiger partial charge in [-0.15, -0.1) is 0 Å². The quantitative estimate of drug-likeness (QED) is 0.646. The molecule has 32 heavy (non-hydrogen) atoms. The number of anilines is 1. The minimum Gasteiger partial charge on any atom is -0.352 e. The molecule has 0 radical (unpaired) electrons. The Labute approximate surface area is 189 Å². The molecular weight excluding hydrogens is 400 g/mol. The number of nitrogens with one attached hydrogen (secondary N) is 1. The highest BCUT2D eigenvalue weighted by Gasteiger charge is 2.35. The number of amides is 2. The Balaban J connectivity index is 1.37. The van der Waals surface area contributed by atoms with E-state index in [0.29, 0.717) is 19.6 Å². The van der Waals surface area contributed by atoms with Crippen molar-refractivity contribution in [1.82, 2.24) is 15.1 Å². The van der Waals surface area contributed by atoms with Gasteiger partial charge in [0.1, 0.15) is 0 Å². The molecule has 0 aliphatic carbocycles. The van der Waals surface area contributed by atoms with Crippen molar-refractivity contribution in [2.24, 2.45) is 5.92 Å². The summed E-state index contributed by atoms with van der Waals surface area (Å²) in [4.78, 5) is 27.2. The molecule has 2 amide bonds. The second-order valence-electron chi connectivity index (χ2n) is 8.75. The van der Waals surface area contributed by atoms with Crippen LogP contribution in [0.15, 0.2) is 48.5 Å². The van der Waals surface area contributed by atoms with Crippen molar-refractivity contribution >= 4 is 17.5 Å². The van der Waals surface area contributed by atoms with Gasteiger partial charge in [0.05, 0.1) is 18.2 Å². The molecule has 166 valence electrons. The van der Waals surface area contributed by atoms with E-state index < -0.39 is 0 Å². The number of hydrogen-bond acceptors (Lipinski definition) is 3. The number of aromatic nitrogens is 2. The molecule has 6 nitrogen and oxygen atoms in total. The van der Waals surface area contributed by atoms with E-state index in [1.165, 1.54) is 0 Å². The first kappa shape index (κ1) is 21.8. The number of carbonyl (C=O) groups is 2. The smallest absolute Gasteiger partial charge is 0.227 e. The lowest BCUT2D eigenvalue weighted by molar-refractivity contribution is -0.126. The Morgan fingerprint density at radius 2 is 1.81 bits per heavy atom. The van der Waals surface area contributed by atoms with Crippen LogP contribution < -0.4 is 10.2 Å². The van der Waals surface area contributed by atoms with Crippen molar-refractivity contribution in [1.29, 1.82) is 0 Å². The fourth-order valence-electron chi connectivity index (χ4n) is 4.32. The number of aryl methyl sites for hydroxylation is 3. The Hall–Kier alpha value is -3.41. The average Bonchev–Trinajstić information content (AvgIpc) is 3.30. The maximum absolute atomic E-state index is 12.8. The summed E-state index contributed by atoms with van der Waals surface area (Å²) < 4.78 is 1.99. The summed E-state index contributed by atoms with van der Waals surface area (Å²) in [6.07, 6.45) is 0.247. The van der Waals surface area contributed by atoms with E-state index >= 15 is 0 Å². The van der Waals surface area contributed by atoms with E-state index in [1.54, 1.807) is 4.90 Å². The number of nitrogens with zero attached hydrogens (tertiary/aromatic N) is 3. The van der Waals surface area contributed by atoms with Gasteiger partial charge in [-0.05, 0) is 62.1 Å². The zero-order valence-corrected chi connectivity index (χ0v) is 19.2. The minimum atomic E-state index is -0.333. The van der Waals surface area contributed by atoms with Crippen molar-refractivity contribution in [3.8, 4) is 0 Å². The molecule has 0 unspecified atom stereocenters. The summed E-state index contributed by atoms with van der Waals surface area (Å²) in [5.41, 5.74) is 7.44. The molecule has 0 saturated carbocycles. The molecule has 1 N–H and O–H groups in total. The van der Waals surface area contributed by atoms with Gasteiger partial charge in [-0.1, -0.05) is 36.4 Å². The lowest BCUT2D eigenvalue weighted by Gasteiger charge is -2.20. The van der Waals surface area contributed by atoms with Crippen molar-refractivity contribution in [2.45, 2.75) is 47.2 Å². The van der Waals surface area contributed by atoms with Gasteiger partial charge in [0.2, 0.25) is 11.8 Å². The summed E-state index contributed by atoms with van der Waals surface area (Å²) >= 11 is 0. The number of carbonyl (C=O) groups excluding carboxylic acids is 2. The molecule has 1 aliphatic rings. The Morgan fingerprint density at radius 1 is 1.06 bits per heavy atom. The number of benzene rings is 2. The van der Waals surface area contributed by atoms with Crippen LogP contribution in [-0.2, 0) is 22.7 Å². The Bertz CT molecular complexity index is 1160. The van der Waals surface area contributed by atoms with Crippen LogP contribution >= 0.6 is 0 Å². The zero-order chi connectivity index (χ0) is 22.8. The third kappa shape index (κ3) is 4.59. The van der Waals surface area contributed by atoms with Crippen LogP contribution in [0.2, 0.25) is 0 Å². The van der Waals surface area contributed by atoms with Gasteiger partial charge in [-0.2, -0.15) is 5.10 Å². The van der Waals surface area contributed by atoms with E-state index in [0.717, 1.165) is 39.3 Å². The zero-order valence-electron chi connectivity index (χ0n) is 19.2. The highest BCUT2D eigenvalue weighted by molar-refractivity contribution is 6.00. The standard InChI is InChI=1S/C26H30N4O2/c1-17-7-5-10-24(20(17)4)29-16-23(13-25(29)31)26(32)27-14-21-8-6-9-22(12-21)15-30-19(3)11-18(2)28-30/h5-12,23H,13-16H2,1-4H3,(H,27,32)/t23-/m0/s1. The second kappa shape index (κ2) is 8.99. The van der Waals surface area contributed by atoms with Crippen LogP contribution in [0.1, 0.15) is 40.1 Å². The fourth-order valence-corrected chi connectivity index (χ4v) is 4.32. The van der Waals surface area contributed by atoms with Gasteiger partial charge in [-0.3, -0.25) is 14.3 Å². The van der Waals surface area contributed by atoms with Crippen molar-refractivity contribution in [3.05, 3.63) is 82.2 Å². The van der Waals surface area contributed by atoms with Gasteiger partial charge in [0.15, 0.2) is 0 Å². The molecule has 1 fully saturated rings. The summed E-state index contributed by atoms with van der Waals surface area (Å²) in [5.74, 6) is -0.402. The van der Waals surface area contributed by atoms with Crippen LogP contribution in [-0.4, -0.2) is 28.1 Å². The molecule has 3 aromatic rings. The monoisotopic (exact) mass is 430 g/mol. The van der Waals surface area contributed by atoms with Crippen LogP contribution in [0.5, 0.6) is 0 Å². The largest absolute Gasteiger partial charge is 0.352 e. The molecule has 1 atom stereocenters. The summed E-state index contributed by atoms with van der Waals surface area (Å²) in [6.45, 7) is 9.66. The second-order valence-corrected chi connectivity index (χ2v) is 8.75. The molecule has 1 aliphatic heterocycles. The van der Waals surface area contributed by atoms with Gasteiger partial charge in [-0.25, -0.2) is 0 Å². The van der Waals surface area contributed by atoms with Crippen LogP contribution in [0.3, 0.4) is 0 Å². The van der Waals surface area contributed by atoms with Gasteiger partial charge >= 0.3 is 0 Å². The lowest BCUT2D eigenvalue weighted by Crippen LogP contribution is -2.32. The summed E-state index contributed by atoms with van der Waals surface area (Å²) in [7, 11) is 0. The molecule has 0 bridgehead atoms. The summed E-state index contributed by atoms with van der Waals surface area (Å²) in [6, 6.07) is 16.2. The molecule has 6 heteroatoms. The third-order valence-electron chi connectivity index (χ3n) is 6.26. The molecule has 0 spiro atoms. The van der Waals surface area contributed by atoms with Gasteiger partial charge in [0, 0.05) is 30.9 Å². The first-order chi connectivity index (χ1) is 15.3. The van der Waals surface area contributed by atoms with E-state index in [2.05, 4.69) is 35.5 Å². The highest BCUT2D eigenvalue weighted by atomic mass is 16.2. The fraction of sp³-hybridized carbons (Fsp3) is 0.346. The van der Waals surface area contributed by atoms with Crippen molar-refractivity contribution in [2.75, 3.05) is 11.4 Å². The highest BCUT2D eigenvalue weighted by Crippen LogP contribution is 2.29. The molecule has 1 saturated heterocycles. The van der Waals surface area contributed by atoms with Crippen LogP contribution in [0, 0.1) is 33.6 Å². The van der Waals surface area contributed by atoms with E-state index in [4.69, 9.17) is 0 Å². The van der Waals surface area contributed by atoms with Gasteiger partial charge < -0.3 is 10.2 Å². The van der Waals surface area contributed by atoms with Crippen LogP contribution in [0.25, 0.3) is 0 Å². The Morgan fingerprint density at radius 3 is 2.56 bits per heavy atom. The predicted molar refractivity (Wildman–Crippen MR) is 125 cm³/mol. The van der Waals surface area contributed by atoms with Crippen molar-refractivity contribution in [3.63, 3.8) is 0 Å². The average molecular weight is 431 g/mol. The van der Waals surface area contributed by atoms with Crippen molar-refractivity contribution < 1.29 is 9.59 Å². The molecule has 2 heterocycles. The Kier molecular flexibility index (Phi) is 6.12. The first-order valence-electron chi connectivity index (χ1n) is 11.0. The van der Waals surface area contributed by atoms with E-state index in [1.807, 2.05) is 55.8 Å². The number of hydrogen-bond donors (Lipinski definition) is 1. The third-order valence-corrected chi connectivity index (χ3v) is 6.26. The molecular formula is C26H30N4O2. The topological polar surface area (TPSA) is 67.2 Å². The molecule has 4 rings (SSSR count). The van der Waals surface area contributed by atoms with E-state index in [-0.39, 0.29) is 24.2 Å². The number of rotatable bonds is 6. The SMILES string of the molecule is Cc1cc(C)n(Cc2cccc(CNC(=O)[C@H]3CC(=O)N(c4cccc(C)c4C)C3)c2)n1. The maximum atomic E-state index is 12.8. The van der Waals surface area contributed by atoms with E-state index in [9.17, 15) is 9.59 Å². The first-order valence-corrected chi connectivity index (χ1v) is 11.0. The normalized spacial score (nSPS) is 15.9. The minimum absolute atomic E-state index is 0.00531. The lowest BCUT2D eigenvalue weighted by atomic mass is 10.1.